The fourth-order valence-corrected chi connectivity index (χ4v) is 3.70. The van der Waals surface area contributed by atoms with Crippen molar-refractivity contribution >= 4 is 6.09 Å². The highest BCUT2D eigenvalue weighted by Crippen LogP contribution is 2.25. The molecule has 0 aromatic heterocycles. The predicted molar refractivity (Wildman–Crippen MR) is 92.8 cm³/mol. The summed E-state index contributed by atoms with van der Waals surface area (Å²) in [6.45, 7) is 9.90. The fourth-order valence-electron chi connectivity index (χ4n) is 3.70. The van der Waals surface area contributed by atoms with Crippen LogP contribution in [-0.4, -0.2) is 77.1 Å². The first kappa shape index (κ1) is 19.5. The summed E-state index contributed by atoms with van der Waals surface area (Å²) in [5.74, 6) is 0.816. The van der Waals surface area contributed by atoms with Gasteiger partial charge in [0.05, 0.1) is 6.10 Å². The third-order valence-corrected chi connectivity index (χ3v) is 5.09. The minimum absolute atomic E-state index is 0.248. The van der Waals surface area contributed by atoms with Crippen molar-refractivity contribution < 1.29 is 19.7 Å². The predicted octanol–water partition coefficient (Wildman–Crippen LogP) is 1.70. The highest BCUT2D eigenvalue weighted by molar-refractivity contribution is 5.68. The molecule has 24 heavy (non-hydrogen) atoms. The third kappa shape index (κ3) is 5.90. The van der Waals surface area contributed by atoms with Crippen molar-refractivity contribution in [3.8, 4) is 0 Å². The number of rotatable bonds is 5. The molecular formula is C18H34N2O4. The first-order chi connectivity index (χ1) is 11.3. The van der Waals surface area contributed by atoms with Crippen LogP contribution >= 0.6 is 0 Å². The smallest absolute Gasteiger partial charge is 0.410 e. The second-order valence-electron chi connectivity index (χ2n) is 8.30. The second kappa shape index (κ2) is 8.50. The summed E-state index contributed by atoms with van der Waals surface area (Å²) in [5, 5.41) is 19.6. The van der Waals surface area contributed by atoms with Crippen LogP contribution in [0.15, 0.2) is 0 Å². The van der Waals surface area contributed by atoms with Gasteiger partial charge in [0.15, 0.2) is 0 Å². The second-order valence-corrected chi connectivity index (χ2v) is 8.30. The van der Waals surface area contributed by atoms with E-state index in [4.69, 9.17) is 9.84 Å². The van der Waals surface area contributed by atoms with Crippen molar-refractivity contribution in [2.75, 3.05) is 39.3 Å². The topological polar surface area (TPSA) is 73.2 Å². The lowest BCUT2D eigenvalue weighted by Gasteiger charge is -2.36. The number of hydrogen-bond donors (Lipinski definition) is 2. The molecule has 140 valence electrons. The van der Waals surface area contributed by atoms with Crippen LogP contribution in [0, 0.1) is 11.8 Å². The summed E-state index contributed by atoms with van der Waals surface area (Å²) in [4.78, 5) is 16.1. The van der Waals surface area contributed by atoms with E-state index in [0.717, 1.165) is 38.8 Å². The van der Waals surface area contributed by atoms with Gasteiger partial charge in [0.25, 0.3) is 0 Å². The van der Waals surface area contributed by atoms with Gasteiger partial charge in [-0.1, -0.05) is 0 Å². The standard InChI is InChI=1S/C18H34N2O4/c1-18(2,3)24-17(23)20-9-5-15(6-10-20)16(22)13-19-8-4-14(12-19)7-11-21/h14-16,21-22H,4-13H2,1-3H3/t14-,16+/m1/s1. The maximum Gasteiger partial charge on any atom is 0.410 e. The Morgan fingerprint density at radius 2 is 1.88 bits per heavy atom. The van der Waals surface area contributed by atoms with Gasteiger partial charge in [0.2, 0.25) is 0 Å². The molecule has 1 amide bonds. The first-order valence-electron chi connectivity index (χ1n) is 9.27. The summed E-state index contributed by atoms with van der Waals surface area (Å²) in [6.07, 6.45) is 3.05. The van der Waals surface area contributed by atoms with Gasteiger partial charge in [-0.15, -0.1) is 0 Å². The van der Waals surface area contributed by atoms with E-state index in [9.17, 15) is 9.90 Å². The number of carbonyl (C=O) groups excluding carboxylic acids is 1. The Labute approximate surface area is 145 Å². The number of carbonyl (C=O) groups is 1. The number of aliphatic hydroxyl groups excluding tert-OH is 2. The van der Waals surface area contributed by atoms with E-state index >= 15 is 0 Å². The molecule has 6 nitrogen and oxygen atoms in total. The maximum atomic E-state index is 12.1. The quantitative estimate of drug-likeness (QED) is 0.795. The fraction of sp³-hybridized carbons (Fsp3) is 0.944. The molecule has 6 heteroatoms. The number of β-amino-alcohol motifs (C(OH)–C–C–N with tert-alkyl or cyclic N) is 1. The van der Waals surface area contributed by atoms with Crippen LogP contribution in [0.1, 0.15) is 46.5 Å². The molecule has 2 rings (SSSR count). The van der Waals surface area contributed by atoms with Gasteiger partial charge < -0.3 is 24.7 Å². The molecule has 0 bridgehead atoms. The SMILES string of the molecule is CC(C)(C)OC(=O)N1CCC([C@@H](O)CN2CC[C@H](CCO)C2)CC1. The summed E-state index contributed by atoms with van der Waals surface area (Å²) in [5.41, 5.74) is -0.464. The van der Waals surface area contributed by atoms with E-state index in [1.165, 1.54) is 0 Å². The third-order valence-electron chi connectivity index (χ3n) is 5.09. The zero-order valence-electron chi connectivity index (χ0n) is 15.4. The van der Waals surface area contributed by atoms with Crippen molar-refractivity contribution in [1.82, 2.24) is 9.80 Å². The van der Waals surface area contributed by atoms with Gasteiger partial charge in [-0.2, -0.15) is 0 Å². The Morgan fingerprint density at radius 1 is 1.21 bits per heavy atom. The molecule has 2 saturated heterocycles. The molecule has 0 aliphatic carbocycles. The number of aliphatic hydroxyl groups is 2. The Bertz CT molecular complexity index is 402. The van der Waals surface area contributed by atoms with Crippen molar-refractivity contribution in [3.63, 3.8) is 0 Å². The molecule has 2 N–H and O–H groups in total. The maximum absolute atomic E-state index is 12.1. The Kier molecular flexibility index (Phi) is 6.89. The highest BCUT2D eigenvalue weighted by Gasteiger charge is 2.32. The number of amides is 1. The summed E-state index contributed by atoms with van der Waals surface area (Å²) < 4.78 is 5.41. The molecule has 0 saturated carbocycles. The van der Waals surface area contributed by atoms with E-state index in [2.05, 4.69) is 4.90 Å². The van der Waals surface area contributed by atoms with Crippen LogP contribution in [-0.2, 0) is 4.74 Å². The Hall–Kier alpha value is -0.850. The summed E-state index contributed by atoms with van der Waals surface area (Å²) in [6, 6.07) is 0. The monoisotopic (exact) mass is 342 g/mol. The van der Waals surface area contributed by atoms with Crippen molar-refractivity contribution in [3.05, 3.63) is 0 Å². The molecule has 0 aromatic rings. The lowest BCUT2D eigenvalue weighted by molar-refractivity contribution is 0.00314. The molecule has 0 unspecified atom stereocenters. The van der Waals surface area contributed by atoms with Gasteiger partial charge in [-0.3, -0.25) is 0 Å². The number of ether oxygens (including phenoxy) is 1. The van der Waals surface area contributed by atoms with E-state index in [0.29, 0.717) is 25.6 Å². The van der Waals surface area contributed by atoms with E-state index in [-0.39, 0.29) is 24.7 Å². The van der Waals surface area contributed by atoms with Gasteiger partial charge in [0.1, 0.15) is 5.60 Å². The van der Waals surface area contributed by atoms with E-state index in [1.807, 2.05) is 20.8 Å². The van der Waals surface area contributed by atoms with Crippen molar-refractivity contribution in [2.45, 2.75) is 58.2 Å². The number of hydrogen-bond acceptors (Lipinski definition) is 5. The lowest BCUT2D eigenvalue weighted by Crippen LogP contribution is -2.45. The molecular weight excluding hydrogens is 308 g/mol. The van der Waals surface area contributed by atoms with Crippen LogP contribution in [0.2, 0.25) is 0 Å². The van der Waals surface area contributed by atoms with Crippen molar-refractivity contribution in [1.29, 1.82) is 0 Å². The number of nitrogens with zero attached hydrogens (tertiary/aromatic N) is 2. The number of likely N-dealkylation sites (tertiary alicyclic amines) is 2. The zero-order valence-corrected chi connectivity index (χ0v) is 15.4. The van der Waals surface area contributed by atoms with E-state index < -0.39 is 5.60 Å². The van der Waals surface area contributed by atoms with Gasteiger partial charge in [-0.25, -0.2) is 4.79 Å². The first-order valence-corrected chi connectivity index (χ1v) is 9.27. The summed E-state index contributed by atoms with van der Waals surface area (Å²) in [7, 11) is 0. The summed E-state index contributed by atoms with van der Waals surface area (Å²) >= 11 is 0. The molecule has 2 fully saturated rings. The van der Waals surface area contributed by atoms with Crippen LogP contribution in [0.4, 0.5) is 4.79 Å². The molecule has 0 aromatic carbocycles. The molecule has 0 radical (unpaired) electrons. The van der Waals surface area contributed by atoms with Gasteiger partial charge in [0, 0.05) is 32.8 Å². The minimum atomic E-state index is -0.464. The largest absolute Gasteiger partial charge is 0.444 e. The van der Waals surface area contributed by atoms with Crippen LogP contribution in [0.5, 0.6) is 0 Å². The molecule has 2 aliphatic heterocycles. The van der Waals surface area contributed by atoms with Crippen LogP contribution in [0.25, 0.3) is 0 Å². The van der Waals surface area contributed by atoms with Gasteiger partial charge in [-0.05, 0) is 64.8 Å². The molecule has 2 heterocycles. The zero-order chi connectivity index (χ0) is 17.7. The average Bonchev–Trinajstić information content (AvgIpc) is 2.93. The van der Waals surface area contributed by atoms with Crippen LogP contribution < -0.4 is 0 Å². The normalized spacial score (nSPS) is 25.0. The molecule has 2 atom stereocenters. The van der Waals surface area contributed by atoms with E-state index in [1.54, 1.807) is 4.90 Å². The molecule has 2 aliphatic rings. The Balaban J connectivity index is 1.71. The highest BCUT2D eigenvalue weighted by atomic mass is 16.6. The van der Waals surface area contributed by atoms with Crippen LogP contribution in [0.3, 0.4) is 0 Å². The molecule has 0 spiro atoms. The Morgan fingerprint density at radius 3 is 2.46 bits per heavy atom. The minimum Gasteiger partial charge on any atom is -0.444 e. The van der Waals surface area contributed by atoms with Crippen molar-refractivity contribution in [2.24, 2.45) is 11.8 Å². The van der Waals surface area contributed by atoms with Gasteiger partial charge >= 0.3 is 6.09 Å². The number of piperidine rings is 1. The average molecular weight is 342 g/mol. The lowest BCUT2D eigenvalue weighted by atomic mass is 9.91.